The third-order valence-electron chi connectivity index (χ3n) is 1.59. The zero-order valence-corrected chi connectivity index (χ0v) is 6.35. The molecule has 0 aromatic rings. The summed E-state index contributed by atoms with van der Waals surface area (Å²) >= 11 is 0. The molecule has 54 valence electrons. The van der Waals surface area contributed by atoms with Crippen LogP contribution in [0, 0.1) is 5.41 Å². The summed E-state index contributed by atoms with van der Waals surface area (Å²) in [5.74, 6) is 0. The molecular formula is C9H13N. The smallest absolute Gasteiger partial charge is 0.00987 e. The molecule has 1 heteroatoms. The Morgan fingerprint density at radius 2 is 2.50 bits per heavy atom. The Bertz CT molecular complexity index is 187. The van der Waals surface area contributed by atoms with E-state index in [4.69, 9.17) is 5.41 Å². The van der Waals surface area contributed by atoms with Crippen LogP contribution in [0.15, 0.2) is 23.8 Å². The van der Waals surface area contributed by atoms with Gasteiger partial charge in [-0.15, -0.1) is 0 Å². The summed E-state index contributed by atoms with van der Waals surface area (Å²) in [6.07, 6.45) is 9.54. The van der Waals surface area contributed by atoms with E-state index in [-0.39, 0.29) is 0 Å². The summed E-state index contributed by atoms with van der Waals surface area (Å²) in [6.45, 7) is 1.86. The van der Waals surface area contributed by atoms with Crippen LogP contribution < -0.4 is 0 Å². The fourth-order valence-electron chi connectivity index (χ4n) is 1.14. The Labute approximate surface area is 62.0 Å². The van der Waals surface area contributed by atoms with Gasteiger partial charge in [0, 0.05) is 12.1 Å². The first kappa shape index (κ1) is 7.26. The number of hydrogen-bond donors (Lipinski definition) is 1. The molecule has 0 bridgehead atoms. The Balaban J connectivity index is 2.47. The molecule has 0 aliphatic heterocycles. The minimum atomic E-state index is 0.765. The first-order valence-electron chi connectivity index (χ1n) is 3.67. The second-order valence-electron chi connectivity index (χ2n) is 2.75. The minimum Gasteiger partial charge on any atom is -0.310 e. The number of nitrogens with one attached hydrogen (secondary N) is 1. The standard InChI is InChI=1S/C9H13N/c1-8(10)7-9-5-3-2-4-6-9/h2-3,5,10H,4,6-7H2,1H3. The molecule has 0 saturated carbocycles. The maximum absolute atomic E-state index is 7.27. The fourth-order valence-corrected chi connectivity index (χ4v) is 1.14. The van der Waals surface area contributed by atoms with Gasteiger partial charge in [0.2, 0.25) is 0 Å². The lowest BCUT2D eigenvalue weighted by Crippen LogP contribution is -1.94. The molecule has 0 atom stereocenters. The van der Waals surface area contributed by atoms with Crippen molar-refractivity contribution in [3.63, 3.8) is 0 Å². The van der Waals surface area contributed by atoms with Crippen molar-refractivity contribution < 1.29 is 0 Å². The molecule has 0 saturated heterocycles. The highest BCUT2D eigenvalue weighted by Crippen LogP contribution is 2.14. The minimum absolute atomic E-state index is 0.765. The van der Waals surface area contributed by atoms with Crippen molar-refractivity contribution in [1.82, 2.24) is 0 Å². The Morgan fingerprint density at radius 1 is 1.70 bits per heavy atom. The van der Waals surface area contributed by atoms with Crippen LogP contribution >= 0.6 is 0 Å². The predicted molar refractivity (Wildman–Crippen MR) is 44.5 cm³/mol. The molecule has 1 rings (SSSR count). The lowest BCUT2D eigenvalue weighted by Gasteiger charge is -2.06. The van der Waals surface area contributed by atoms with E-state index in [0.29, 0.717) is 0 Å². The molecule has 0 heterocycles. The number of allylic oxidation sites excluding steroid dienone is 4. The van der Waals surface area contributed by atoms with Gasteiger partial charge in [-0.1, -0.05) is 23.8 Å². The SMILES string of the molecule is CC(=N)CC1=CC=CCC1. The monoisotopic (exact) mass is 135 g/mol. The van der Waals surface area contributed by atoms with Crippen molar-refractivity contribution in [2.24, 2.45) is 0 Å². The van der Waals surface area contributed by atoms with Crippen molar-refractivity contribution in [2.75, 3.05) is 0 Å². The van der Waals surface area contributed by atoms with Gasteiger partial charge in [0.15, 0.2) is 0 Å². The summed E-state index contributed by atoms with van der Waals surface area (Å²) in [5, 5.41) is 7.27. The molecule has 1 aliphatic carbocycles. The van der Waals surface area contributed by atoms with Crippen LogP contribution in [0.4, 0.5) is 0 Å². The van der Waals surface area contributed by atoms with Crippen molar-refractivity contribution >= 4 is 5.71 Å². The van der Waals surface area contributed by atoms with E-state index in [1.807, 2.05) is 6.92 Å². The van der Waals surface area contributed by atoms with Gasteiger partial charge in [0.05, 0.1) is 0 Å². The third-order valence-corrected chi connectivity index (χ3v) is 1.59. The zero-order chi connectivity index (χ0) is 7.40. The first-order valence-corrected chi connectivity index (χ1v) is 3.67. The van der Waals surface area contributed by atoms with Crippen LogP contribution in [0.3, 0.4) is 0 Å². The molecule has 0 amide bonds. The van der Waals surface area contributed by atoms with Gasteiger partial charge >= 0.3 is 0 Å². The average molecular weight is 135 g/mol. The summed E-state index contributed by atoms with van der Waals surface area (Å²) in [7, 11) is 0. The summed E-state index contributed by atoms with van der Waals surface area (Å²) in [6, 6.07) is 0. The van der Waals surface area contributed by atoms with E-state index < -0.39 is 0 Å². The molecule has 10 heavy (non-hydrogen) atoms. The Hall–Kier alpha value is -0.850. The van der Waals surface area contributed by atoms with Crippen molar-refractivity contribution in [3.05, 3.63) is 23.8 Å². The second-order valence-corrected chi connectivity index (χ2v) is 2.75. The largest absolute Gasteiger partial charge is 0.310 e. The maximum Gasteiger partial charge on any atom is 0.00987 e. The molecular weight excluding hydrogens is 122 g/mol. The highest BCUT2D eigenvalue weighted by molar-refractivity contribution is 5.81. The van der Waals surface area contributed by atoms with Crippen molar-refractivity contribution in [2.45, 2.75) is 26.2 Å². The molecule has 0 fully saturated rings. The highest BCUT2D eigenvalue weighted by atomic mass is 14.4. The van der Waals surface area contributed by atoms with Crippen LogP contribution in [0.5, 0.6) is 0 Å². The molecule has 1 N–H and O–H groups in total. The number of hydrogen-bond acceptors (Lipinski definition) is 1. The molecule has 0 aromatic heterocycles. The van der Waals surface area contributed by atoms with Gasteiger partial charge in [-0.2, -0.15) is 0 Å². The third kappa shape index (κ3) is 2.18. The maximum atomic E-state index is 7.27. The molecule has 0 aromatic carbocycles. The van der Waals surface area contributed by atoms with Crippen LogP contribution in [0.1, 0.15) is 26.2 Å². The first-order chi connectivity index (χ1) is 4.79. The lowest BCUT2D eigenvalue weighted by molar-refractivity contribution is 0.933. The van der Waals surface area contributed by atoms with Gasteiger partial charge < -0.3 is 5.41 Å². The Morgan fingerprint density at radius 3 is 3.00 bits per heavy atom. The quantitative estimate of drug-likeness (QED) is 0.563. The van der Waals surface area contributed by atoms with Crippen molar-refractivity contribution in [1.29, 1.82) is 5.41 Å². The molecule has 1 nitrogen and oxygen atoms in total. The van der Waals surface area contributed by atoms with Gasteiger partial charge in [0.1, 0.15) is 0 Å². The highest BCUT2D eigenvalue weighted by Gasteiger charge is 1.99. The normalized spacial score (nSPS) is 16.7. The van der Waals surface area contributed by atoms with E-state index in [1.54, 1.807) is 0 Å². The van der Waals surface area contributed by atoms with E-state index >= 15 is 0 Å². The summed E-state index contributed by atoms with van der Waals surface area (Å²) in [5.41, 5.74) is 2.16. The molecule has 0 spiro atoms. The van der Waals surface area contributed by atoms with E-state index in [9.17, 15) is 0 Å². The lowest BCUT2D eigenvalue weighted by atomic mass is 10.0. The van der Waals surface area contributed by atoms with E-state index in [0.717, 1.165) is 25.0 Å². The fraction of sp³-hybridized carbons (Fsp3) is 0.444. The summed E-state index contributed by atoms with van der Waals surface area (Å²) < 4.78 is 0. The van der Waals surface area contributed by atoms with Gasteiger partial charge in [-0.25, -0.2) is 0 Å². The second kappa shape index (κ2) is 3.35. The van der Waals surface area contributed by atoms with Gasteiger partial charge in [0.25, 0.3) is 0 Å². The summed E-state index contributed by atoms with van der Waals surface area (Å²) in [4.78, 5) is 0. The van der Waals surface area contributed by atoms with Crippen LogP contribution in [-0.4, -0.2) is 5.71 Å². The van der Waals surface area contributed by atoms with E-state index in [1.165, 1.54) is 5.57 Å². The molecule has 0 unspecified atom stereocenters. The topological polar surface area (TPSA) is 23.9 Å². The molecule has 1 aliphatic rings. The van der Waals surface area contributed by atoms with Crippen LogP contribution in [0.25, 0.3) is 0 Å². The average Bonchev–Trinajstić information content (AvgIpc) is 1.88. The Kier molecular flexibility index (Phi) is 2.43. The van der Waals surface area contributed by atoms with Gasteiger partial charge in [-0.05, 0) is 19.8 Å². The van der Waals surface area contributed by atoms with Crippen LogP contribution in [0.2, 0.25) is 0 Å². The number of rotatable bonds is 2. The predicted octanol–water partition coefficient (Wildman–Crippen LogP) is 2.69. The van der Waals surface area contributed by atoms with Gasteiger partial charge in [-0.3, -0.25) is 0 Å². The van der Waals surface area contributed by atoms with E-state index in [2.05, 4.69) is 18.2 Å². The van der Waals surface area contributed by atoms with Crippen molar-refractivity contribution in [3.8, 4) is 0 Å². The molecule has 0 radical (unpaired) electrons. The zero-order valence-electron chi connectivity index (χ0n) is 6.35. The van der Waals surface area contributed by atoms with Crippen LogP contribution in [-0.2, 0) is 0 Å².